The van der Waals surface area contributed by atoms with Gasteiger partial charge in [-0.3, -0.25) is 0 Å². The first-order valence-corrected chi connectivity index (χ1v) is 7.43. The lowest BCUT2D eigenvalue weighted by atomic mass is 10.0. The van der Waals surface area contributed by atoms with Gasteiger partial charge in [0.05, 0.1) is 32.5 Å². The van der Waals surface area contributed by atoms with Crippen molar-refractivity contribution in [2.75, 3.05) is 20.8 Å². The number of ether oxygens (including phenoxy) is 3. The summed E-state index contributed by atoms with van der Waals surface area (Å²) in [7, 11) is 3.11. The lowest BCUT2D eigenvalue weighted by Gasteiger charge is -2.09. The summed E-state index contributed by atoms with van der Waals surface area (Å²) in [4.78, 5) is 0. The van der Waals surface area contributed by atoms with E-state index in [9.17, 15) is 10.4 Å². The summed E-state index contributed by atoms with van der Waals surface area (Å²) < 4.78 is 15.8. The normalized spacial score (nSPS) is 10.8. The van der Waals surface area contributed by atoms with E-state index in [0.29, 0.717) is 35.0 Å². The largest absolute Gasteiger partial charge is 0.504 e. The van der Waals surface area contributed by atoms with Gasteiger partial charge in [0.15, 0.2) is 23.0 Å². The third kappa shape index (κ3) is 3.79. The zero-order valence-electron chi connectivity index (χ0n) is 13.9. The quantitative estimate of drug-likeness (QED) is 0.645. The van der Waals surface area contributed by atoms with Crippen LogP contribution in [-0.4, -0.2) is 25.9 Å². The van der Waals surface area contributed by atoms with E-state index in [1.54, 1.807) is 56.7 Å². The predicted octanol–water partition coefficient (Wildman–Crippen LogP) is 3.87. The van der Waals surface area contributed by atoms with Crippen LogP contribution in [0.1, 0.15) is 18.1 Å². The molecule has 0 radical (unpaired) electrons. The maximum atomic E-state index is 9.76. The van der Waals surface area contributed by atoms with Crippen LogP contribution in [-0.2, 0) is 0 Å². The Balaban J connectivity index is 2.43. The fourth-order valence-electron chi connectivity index (χ4n) is 2.24. The Hall–Kier alpha value is -3.13. The molecule has 0 saturated heterocycles. The number of benzene rings is 2. The van der Waals surface area contributed by atoms with Crippen molar-refractivity contribution in [3.63, 3.8) is 0 Å². The maximum absolute atomic E-state index is 9.76. The van der Waals surface area contributed by atoms with E-state index in [-0.39, 0.29) is 5.75 Å². The highest BCUT2D eigenvalue weighted by Crippen LogP contribution is 2.32. The van der Waals surface area contributed by atoms with Crippen molar-refractivity contribution in [3.8, 4) is 29.1 Å². The van der Waals surface area contributed by atoms with Crippen molar-refractivity contribution >= 4 is 11.6 Å². The number of methoxy groups -OCH3 is 2. The van der Waals surface area contributed by atoms with Gasteiger partial charge in [-0.2, -0.15) is 5.26 Å². The molecule has 0 amide bonds. The van der Waals surface area contributed by atoms with Crippen molar-refractivity contribution < 1.29 is 19.3 Å². The zero-order valence-corrected chi connectivity index (χ0v) is 13.9. The first-order valence-electron chi connectivity index (χ1n) is 7.43. The maximum Gasteiger partial charge on any atom is 0.161 e. The van der Waals surface area contributed by atoms with Gasteiger partial charge in [-0.05, 0) is 54.5 Å². The SMILES string of the molecule is CCOc1cc(/C=C(\C#N)c2ccc(OC)c(OC)c2)ccc1O. The monoisotopic (exact) mass is 325 g/mol. The average molecular weight is 325 g/mol. The van der Waals surface area contributed by atoms with E-state index in [1.165, 1.54) is 0 Å². The van der Waals surface area contributed by atoms with Gasteiger partial charge in [0.1, 0.15) is 0 Å². The van der Waals surface area contributed by atoms with Crippen molar-refractivity contribution in [2.24, 2.45) is 0 Å². The molecule has 0 heterocycles. The van der Waals surface area contributed by atoms with Gasteiger partial charge in [-0.25, -0.2) is 0 Å². The number of nitrogens with zero attached hydrogens (tertiary/aromatic N) is 1. The Morgan fingerprint density at radius 1 is 1.08 bits per heavy atom. The third-order valence-corrected chi connectivity index (χ3v) is 3.41. The van der Waals surface area contributed by atoms with Crippen molar-refractivity contribution in [2.45, 2.75) is 6.92 Å². The minimum atomic E-state index is 0.0682. The summed E-state index contributed by atoms with van der Waals surface area (Å²) >= 11 is 0. The predicted molar refractivity (Wildman–Crippen MR) is 92.3 cm³/mol. The van der Waals surface area contributed by atoms with E-state index in [1.807, 2.05) is 6.92 Å². The van der Waals surface area contributed by atoms with Gasteiger partial charge in [0.25, 0.3) is 0 Å². The highest BCUT2D eigenvalue weighted by Gasteiger charge is 2.09. The van der Waals surface area contributed by atoms with E-state index < -0.39 is 0 Å². The smallest absolute Gasteiger partial charge is 0.161 e. The first-order chi connectivity index (χ1) is 11.6. The number of rotatable bonds is 6. The second-order valence-corrected chi connectivity index (χ2v) is 4.90. The molecule has 2 aromatic carbocycles. The molecule has 0 unspecified atom stereocenters. The molecule has 0 aliphatic heterocycles. The van der Waals surface area contributed by atoms with Crippen molar-refractivity contribution in [1.82, 2.24) is 0 Å². The van der Waals surface area contributed by atoms with Crippen LogP contribution in [0.5, 0.6) is 23.0 Å². The van der Waals surface area contributed by atoms with Crippen LogP contribution in [0.2, 0.25) is 0 Å². The summed E-state index contributed by atoms with van der Waals surface area (Å²) in [6, 6.07) is 12.4. The molecular formula is C19H19NO4. The Bertz CT molecular complexity index is 790. The summed E-state index contributed by atoms with van der Waals surface area (Å²) in [5.74, 6) is 1.60. The zero-order chi connectivity index (χ0) is 17.5. The summed E-state index contributed by atoms with van der Waals surface area (Å²) in [6.07, 6.45) is 1.73. The Morgan fingerprint density at radius 2 is 1.83 bits per heavy atom. The molecule has 5 nitrogen and oxygen atoms in total. The first kappa shape index (κ1) is 17.2. The van der Waals surface area contributed by atoms with Crippen molar-refractivity contribution in [1.29, 1.82) is 5.26 Å². The van der Waals surface area contributed by atoms with Gasteiger partial charge in [-0.15, -0.1) is 0 Å². The molecule has 2 rings (SSSR count). The lowest BCUT2D eigenvalue weighted by Crippen LogP contribution is -1.93. The van der Waals surface area contributed by atoms with Gasteiger partial charge >= 0.3 is 0 Å². The van der Waals surface area contributed by atoms with Crippen LogP contribution < -0.4 is 14.2 Å². The van der Waals surface area contributed by atoms with E-state index in [4.69, 9.17) is 14.2 Å². The number of hydrogen-bond acceptors (Lipinski definition) is 5. The second kappa shape index (κ2) is 7.93. The number of aromatic hydroxyl groups is 1. The number of phenols is 1. The van der Waals surface area contributed by atoms with Crippen LogP contribution in [0.25, 0.3) is 11.6 Å². The van der Waals surface area contributed by atoms with E-state index >= 15 is 0 Å². The standard InChI is InChI=1S/C19H19NO4/c1-4-24-18-10-13(5-7-16(18)21)9-15(12-20)14-6-8-17(22-2)19(11-14)23-3/h5-11,21H,4H2,1-3H3/b15-9+. The minimum Gasteiger partial charge on any atom is -0.504 e. The molecule has 0 aromatic heterocycles. The van der Waals surface area contributed by atoms with Crippen LogP contribution in [0.3, 0.4) is 0 Å². The molecular weight excluding hydrogens is 306 g/mol. The lowest BCUT2D eigenvalue weighted by molar-refractivity contribution is 0.318. The molecule has 24 heavy (non-hydrogen) atoms. The fourth-order valence-corrected chi connectivity index (χ4v) is 2.24. The topological polar surface area (TPSA) is 71.7 Å². The minimum absolute atomic E-state index is 0.0682. The number of phenolic OH excluding ortho intramolecular Hbond substituents is 1. The molecule has 0 aliphatic carbocycles. The summed E-state index contributed by atoms with van der Waals surface area (Å²) in [6.45, 7) is 2.29. The molecule has 0 fully saturated rings. The molecule has 0 spiro atoms. The Kier molecular flexibility index (Phi) is 5.69. The van der Waals surface area contributed by atoms with Crippen molar-refractivity contribution in [3.05, 3.63) is 47.5 Å². The third-order valence-electron chi connectivity index (χ3n) is 3.41. The molecule has 5 heteroatoms. The number of hydrogen-bond donors (Lipinski definition) is 1. The number of nitriles is 1. The highest BCUT2D eigenvalue weighted by atomic mass is 16.5. The molecule has 0 bridgehead atoms. The molecule has 124 valence electrons. The molecule has 0 saturated carbocycles. The van der Waals surface area contributed by atoms with Gasteiger partial charge in [-0.1, -0.05) is 6.07 Å². The van der Waals surface area contributed by atoms with Crippen LogP contribution in [0, 0.1) is 11.3 Å². The van der Waals surface area contributed by atoms with Gasteiger partial charge < -0.3 is 19.3 Å². The van der Waals surface area contributed by atoms with Crippen LogP contribution >= 0.6 is 0 Å². The highest BCUT2D eigenvalue weighted by molar-refractivity contribution is 5.90. The Labute approximate surface area is 141 Å². The molecule has 0 aliphatic rings. The molecule has 1 N–H and O–H groups in total. The van der Waals surface area contributed by atoms with Gasteiger partial charge in [0, 0.05) is 0 Å². The van der Waals surface area contributed by atoms with Gasteiger partial charge in [0.2, 0.25) is 0 Å². The average Bonchev–Trinajstić information content (AvgIpc) is 2.61. The van der Waals surface area contributed by atoms with Crippen LogP contribution in [0.4, 0.5) is 0 Å². The Morgan fingerprint density at radius 3 is 2.46 bits per heavy atom. The number of allylic oxidation sites excluding steroid dienone is 1. The van der Waals surface area contributed by atoms with Crippen LogP contribution in [0.15, 0.2) is 36.4 Å². The van der Waals surface area contributed by atoms with E-state index in [2.05, 4.69) is 6.07 Å². The molecule has 2 aromatic rings. The fraction of sp³-hybridized carbons (Fsp3) is 0.211. The second-order valence-electron chi connectivity index (χ2n) is 4.90. The summed E-state index contributed by atoms with van der Waals surface area (Å²) in [5.41, 5.74) is 1.92. The van der Waals surface area contributed by atoms with E-state index in [0.717, 1.165) is 5.56 Å². The molecule has 0 atom stereocenters. The summed E-state index contributed by atoms with van der Waals surface area (Å²) in [5, 5.41) is 19.2.